The molecule has 3 rings (SSSR count). The summed E-state index contributed by atoms with van der Waals surface area (Å²) in [7, 11) is 0. The van der Waals surface area contributed by atoms with Crippen molar-refractivity contribution < 1.29 is 19.1 Å². The number of H-pyrrole nitrogens is 1. The van der Waals surface area contributed by atoms with Gasteiger partial charge in [0.25, 0.3) is 5.56 Å². The van der Waals surface area contributed by atoms with Crippen LogP contribution in [0.2, 0.25) is 5.02 Å². The van der Waals surface area contributed by atoms with Crippen LogP contribution >= 0.6 is 23.4 Å². The number of hydrogen-bond donors (Lipinski definition) is 2. The van der Waals surface area contributed by atoms with Crippen molar-refractivity contribution in [1.82, 2.24) is 9.97 Å². The largest absolute Gasteiger partial charge is 0.493 e. The van der Waals surface area contributed by atoms with Crippen LogP contribution in [0, 0.1) is 5.82 Å². The molecule has 136 valence electrons. The van der Waals surface area contributed by atoms with Crippen LogP contribution in [0.3, 0.4) is 0 Å². The van der Waals surface area contributed by atoms with Crippen molar-refractivity contribution in [2.75, 3.05) is 4.90 Å². The van der Waals surface area contributed by atoms with Gasteiger partial charge in [0.05, 0.1) is 16.3 Å². The lowest BCUT2D eigenvalue weighted by Gasteiger charge is -2.15. The van der Waals surface area contributed by atoms with E-state index in [2.05, 4.69) is 9.97 Å². The zero-order valence-electron chi connectivity index (χ0n) is 13.5. The number of halogens is 2. The molecule has 0 aliphatic carbocycles. The molecule has 2 amide bonds. The van der Waals surface area contributed by atoms with Gasteiger partial charge in [-0.25, -0.2) is 9.29 Å². The van der Waals surface area contributed by atoms with E-state index >= 15 is 0 Å². The van der Waals surface area contributed by atoms with Crippen molar-refractivity contribution in [2.24, 2.45) is 0 Å². The fraction of sp³-hybridized carbons (Fsp3) is 0.250. The Bertz CT molecular complexity index is 965. The maximum Gasteiger partial charge on any atom is 0.258 e. The van der Waals surface area contributed by atoms with E-state index in [1.54, 1.807) is 6.92 Å². The number of nitrogens with zero attached hydrogens (tertiary/aromatic N) is 2. The Labute approximate surface area is 156 Å². The molecule has 0 radical (unpaired) electrons. The number of aromatic hydroxyl groups is 1. The first-order valence-electron chi connectivity index (χ1n) is 7.62. The van der Waals surface area contributed by atoms with E-state index < -0.39 is 34.3 Å². The summed E-state index contributed by atoms with van der Waals surface area (Å²) in [6, 6.07) is 3.55. The van der Waals surface area contributed by atoms with Gasteiger partial charge in [-0.1, -0.05) is 30.3 Å². The highest BCUT2D eigenvalue weighted by atomic mass is 35.5. The minimum absolute atomic E-state index is 0.0369. The topological polar surface area (TPSA) is 103 Å². The van der Waals surface area contributed by atoms with Gasteiger partial charge in [-0.15, -0.1) is 0 Å². The number of hydrogen-bond acceptors (Lipinski definition) is 6. The molecular weight excluding hydrogens is 385 g/mol. The van der Waals surface area contributed by atoms with E-state index in [0.29, 0.717) is 6.42 Å². The molecule has 1 fully saturated rings. The number of imide groups is 1. The van der Waals surface area contributed by atoms with Crippen molar-refractivity contribution in [1.29, 1.82) is 0 Å². The lowest BCUT2D eigenvalue weighted by atomic mass is 10.2. The van der Waals surface area contributed by atoms with Crippen molar-refractivity contribution in [3.8, 4) is 5.88 Å². The molecule has 2 heterocycles. The predicted molar refractivity (Wildman–Crippen MR) is 94.1 cm³/mol. The fourth-order valence-electron chi connectivity index (χ4n) is 2.57. The predicted octanol–water partition coefficient (Wildman–Crippen LogP) is 2.25. The first kappa shape index (κ1) is 18.4. The Kier molecular flexibility index (Phi) is 5.01. The average Bonchev–Trinajstić information content (AvgIpc) is 2.84. The molecular formula is C16H13ClFN3O4S. The van der Waals surface area contributed by atoms with Crippen molar-refractivity contribution >= 4 is 40.9 Å². The number of carbonyl (C=O) groups excluding carboxylic acids is 2. The van der Waals surface area contributed by atoms with Crippen LogP contribution in [-0.2, 0) is 16.0 Å². The maximum atomic E-state index is 13.3. The Hall–Kier alpha value is -2.39. The van der Waals surface area contributed by atoms with Crippen LogP contribution in [0.25, 0.3) is 0 Å². The Morgan fingerprint density at radius 1 is 1.42 bits per heavy atom. The van der Waals surface area contributed by atoms with E-state index in [9.17, 15) is 23.9 Å². The van der Waals surface area contributed by atoms with E-state index in [1.165, 1.54) is 12.1 Å². The molecule has 0 unspecified atom stereocenters. The quantitative estimate of drug-likeness (QED) is 0.606. The van der Waals surface area contributed by atoms with Crippen molar-refractivity contribution in [3.05, 3.63) is 45.0 Å². The summed E-state index contributed by atoms with van der Waals surface area (Å²) in [6.45, 7) is 1.70. The van der Waals surface area contributed by atoms with Gasteiger partial charge in [-0.05, 0) is 24.6 Å². The minimum atomic E-state index is -0.832. The van der Waals surface area contributed by atoms with E-state index in [4.69, 9.17) is 11.6 Å². The SMILES string of the molecule is CCc1c(O)nc(S[C@@H]2CC(=O)N(c3ccc(F)c(Cl)c3)C2=O)[nH]c1=O. The molecule has 2 N–H and O–H groups in total. The van der Waals surface area contributed by atoms with Crippen LogP contribution in [0.4, 0.5) is 10.1 Å². The lowest BCUT2D eigenvalue weighted by molar-refractivity contribution is -0.121. The molecule has 0 spiro atoms. The fourth-order valence-corrected chi connectivity index (χ4v) is 3.73. The van der Waals surface area contributed by atoms with E-state index in [0.717, 1.165) is 22.7 Å². The smallest absolute Gasteiger partial charge is 0.258 e. The van der Waals surface area contributed by atoms with Crippen LogP contribution in [0.5, 0.6) is 5.88 Å². The highest BCUT2D eigenvalue weighted by Gasteiger charge is 2.41. The summed E-state index contributed by atoms with van der Waals surface area (Å²) < 4.78 is 13.3. The van der Waals surface area contributed by atoms with Gasteiger partial charge in [0.1, 0.15) is 11.1 Å². The first-order valence-corrected chi connectivity index (χ1v) is 8.88. The summed E-state index contributed by atoms with van der Waals surface area (Å²) in [6.07, 6.45) is 0.178. The number of amides is 2. The van der Waals surface area contributed by atoms with Gasteiger partial charge in [-0.3, -0.25) is 14.4 Å². The molecule has 26 heavy (non-hydrogen) atoms. The number of anilines is 1. The summed E-state index contributed by atoms with van der Waals surface area (Å²) in [5, 5.41) is 8.79. The third-order valence-electron chi connectivity index (χ3n) is 3.85. The highest BCUT2D eigenvalue weighted by molar-refractivity contribution is 8.00. The first-order chi connectivity index (χ1) is 12.3. The number of carbonyl (C=O) groups is 2. The molecule has 1 aromatic carbocycles. The molecule has 10 heteroatoms. The molecule has 1 atom stereocenters. The van der Waals surface area contributed by atoms with Gasteiger partial charge in [0.15, 0.2) is 5.16 Å². The number of benzene rings is 1. The molecule has 0 saturated carbocycles. The third kappa shape index (κ3) is 3.32. The van der Waals surface area contributed by atoms with Crippen LogP contribution < -0.4 is 10.5 Å². The van der Waals surface area contributed by atoms with Crippen molar-refractivity contribution in [3.63, 3.8) is 0 Å². The van der Waals surface area contributed by atoms with Crippen molar-refractivity contribution in [2.45, 2.75) is 30.2 Å². The maximum absolute atomic E-state index is 13.3. The monoisotopic (exact) mass is 397 g/mol. The molecule has 7 nitrogen and oxygen atoms in total. The van der Waals surface area contributed by atoms with E-state index in [1.807, 2.05) is 0 Å². The van der Waals surface area contributed by atoms with Gasteiger partial charge in [0, 0.05) is 6.42 Å². The zero-order chi connectivity index (χ0) is 19.0. The molecule has 0 bridgehead atoms. The van der Waals surface area contributed by atoms with Crippen LogP contribution in [-0.4, -0.2) is 32.1 Å². The Morgan fingerprint density at radius 3 is 2.77 bits per heavy atom. The number of rotatable bonds is 4. The summed E-state index contributed by atoms with van der Waals surface area (Å²) >= 11 is 6.58. The van der Waals surface area contributed by atoms with Gasteiger partial charge in [0.2, 0.25) is 17.7 Å². The second-order valence-corrected chi connectivity index (χ2v) is 7.10. The molecule has 1 aliphatic rings. The molecule has 1 aliphatic heterocycles. The van der Waals surface area contributed by atoms with E-state index in [-0.39, 0.29) is 27.9 Å². The minimum Gasteiger partial charge on any atom is -0.493 e. The summed E-state index contributed by atoms with van der Waals surface area (Å²) in [5.74, 6) is -2.08. The third-order valence-corrected chi connectivity index (χ3v) is 5.21. The standard InChI is InChI=1S/C16H13ClFN3O4S/c1-2-8-13(23)19-16(20-14(8)24)26-11-6-12(22)21(15(11)25)7-3-4-10(18)9(17)5-7/h3-5,11H,2,6H2,1H3,(H2,19,20,23,24)/t11-/m1/s1. The Balaban J connectivity index is 1.85. The molecule has 1 aromatic heterocycles. The molecule has 2 aromatic rings. The molecule has 1 saturated heterocycles. The highest BCUT2D eigenvalue weighted by Crippen LogP contribution is 2.34. The zero-order valence-corrected chi connectivity index (χ0v) is 15.0. The van der Waals surface area contributed by atoms with Crippen LogP contribution in [0.1, 0.15) is 18.9 Å². The van der Waals surface area contributed by atoms with Gasteiger partial charge in [-0.2, -0.15) is 4.98 Å². The number of aromatic nitrogens is 2. The second kappa shape index (κ2) is 7.08. The number of nitrogens with one attached hydrogen (secondary N) is 1. The summed E-state index contributed by atoms with van der Waals surface area (Å²) in [4.78, 5) is 44.0. The summed E-state index contributed by atoms with van der Waals surface area (Å²) in [5.41, 5.74) is -0.188. The van der Waals surface area contributed by atoms with Gasteiger partial charge < -0.3 is 10.1 Å². The number of aromatic amines is 1. The van der Waals surface area contributed by atoms with Gasteiger partial charge >= 0.3 is 0 Å². The average molecular weight is 398 g/mol. The Morgan fingerprint density at radius 2 is 2.15 bits per heavy atom. The second-order valence-electron chi connectivity index (χ2n) is 5.50. The number of thioether (sulfide) groups is 1. The van der Waals surface area contributed by atoms with Crippen LogP contribution in [0.15, 0.2) is 28.2 Å². The lowest BCUT2D eigenvalue weighted by Crippen LogP contribution is -2.31. The normalized spacial score (nSPS) is 17.2.